The first-order valence-corrected chi connectivity index (χ1v) is 9.36. The largest absolute Gasteiger partial charge is 0.383 e. The Morgan fingerprint density at radius 3 is 2.64 bits per heavy atom. The Kier molecular flexibility index (Phi) is 5.32. The van der Waals surface area contributed by atoms with Gasteiger partial charge in [0.05, 0.1) is 15.6 Å². The lowest BCUT2D eigenvalue weighted by Crippen LogP contribution is -2.28. The van der Waals surface area contributed by atoms with Crippen LogP contribution in [0.3, 0.4) is 0 Å². The second-order valence-electron chi connectivity index (χ2n) is 5.86. The Morgan fingerprint density at radius 1 is 1.16 bits per heavy atom. The number of likely N-dealkylation sites (N-methyl/N-ethyl adjacent to an activating group) is 1. The topological polar surface area (TPSA) is 56.1 Å². The van der Waals surface area contributed by atoms with Gasteiger partial charge in [0, 0.05) is 28.9 Å². The molecule has 0 radical (unpaired) electrons. The summed E-state index contributed by atoms with van der Waals surface area (Å²) in [6.07, 6.45) is 0. The molecule has 0 aliphatic carbocycles. The number of nitrogens with zero attached hydrogens (tertiary/aromatic N) is 2. The Bertz CT molecular complexity index is 999. The third-order valence-corrected chi connectivity index (χ3v) is 5.69. The molecule has 25 heavy (non-hydrogen) atoms. The highest BCUT2D eigenvalue weighted by Gasteiger charge is 2.13. The van der Waals surface area contributed by atoms with E-state index >= 15 is 0 Å². The van der Waals surface area contributed by atoms with Crippen LogP contribution in [0.5, 0.6) is 0 Å². The average Bonchev–Trinajstić information content (AvgIpc) is 2.65. The predicted octanol–water partition coefficient (Wildman–Crippen LogP) is 4.04. The van der Waals surface area contributed by atoms with E-state index in [1.807, 2.05) is 30.3 Å². The van der Waals surface area contributed by atoms with E-state index in [2.05, 4.69) is 30.1 Å². The molecule has 3 aromatic rings. The van der Waals surface area contributed by atoms with Crippen molar-refractivity contribution in [2.75, 3.05) is 31.5 Å². The first-order valence-electron chi connectivity index (χ1n) is 8.54. The van der Waals surface area contributed by atoms with Crippen LogP contribution in [-0.4, -0.2) is 31.1 Å². The van der Waals surface area contributed by atoms with Gasteiger partial charge in [0.25, 0.3) is 0 Å². The molecule has 0 aliphatic rings. The molecule has 1 heterocycles. The lowest BCUT2D eigenvalue weighted by atomic mass is 10.1. The van der Waals surface area contributed by atoms with Gasteiger partial charge in [-0.15, -0.1) is 11.3 Å². The third-order valence-electron chi connectivity index (χ3n) is 4.49. The molecule has 0 atom stereocenters. The fourth-order valence-corrected chi connectivity index (χ4v) is 4.19. The van der Waals surface area contributed by atoms with Gasteiger partial charge in [-0.25, -0.2) is 0 Å². The summed E-state index contributed by atoms with van der Waals surface area (Å²) >= 11 is 1.51. The monoisotopic (exact) mass is 353 g/mol. The molecule has 3 rings (SSSR count). The number of benzene rings is 2. The van der Waals surface area contributed by atoms with Gasteiger partial charge in [0.2, 0.25) is 0 Å². The van der Waals surface area contributed by atoms with E-state index in [1.165, 1.54) is 11.3 Å². The first-order chi connectivity index (χ1) is 12.2. The Labute approximate surface area is 151 Å². The molecular weight excluding hydrogens is 332 g/mol. The van der Waals surface area contributed by atoms with E-state index in [9.17, 15) is 10.1 Å². The number of nitriles is 1. The maximum atomic E-state index is 13.0. The summed E-state index contributed by atoms with van der Waals surface area (Å²) in [5.41, 5.74) is 1.36. The second-order valence-corrected chi connectivity index (χ2v) is 6.91. The molecule has 5 heteroatoms. The minimum Gasteiger partial charge on any atom is -0.383 e. The molecule has 128 valence electrons. The highest BCUT2D eigenvalue weighted by atomic mass is 32.1. The predicted molar refractivity (Wildman–Crippen MR) is 107 cm³/mol. The van der Waals surface area contributed by atoms with Crippen molar-refractivity contribution in [3.63, 3.8) is 0 Å². The third kappa shape index (κ3) is 3.37. The summed E-state index contributed by atoms with van der Waals surface area (Å²) in [6.45, 7) is 7.98. The molecule has 1 N–H and O–H groups in total. The standard InChI is InChI=1S/C20H21N3OS/c1-3-23(4-2)12-11-22-16-10-9-14(13-21)20-18(16)19(24)15-7-5-6-8-17(15)25-20/h5-10,22H,3-4,11-12H2,1-2H3/i13+1,21+1. The number of fused-ring (bicyclic) bond motifs is 2. The zero-order chi connectivity index (χ0) is 17.8. The molecule has 0 bridgehead atoms. The number of hydrogen-bond acceptors (Lipinski definition) is 5. The first kappa shape index (κ1) is 17.4. The Hall–Kier alpha value is -2.42. The van der Waals surface area contributed by atoms with E-state index in [0.29, 0.717) is 16.3 Å². The summed E-state index contributed by atoms with van der Waals surface area (Å²) in [7, 11) is 0. The van der Waals surface area contributed by atoms with E-state index < -0.39 is 0 Å². The van der Waals surface area contributed by atoms with Crippen LogP contribution in [0.25, 0.3) is 20.2 Å². The van der Waals surface area contributed by atoms with Crippen LogP contribution in [-0.2, 0) is 0 Å². The average molecular weight is 353 g/mol. The SMILES string of the molecule is CCN(CC)CCNc1ccc([13C]#[15N])c2sc3ccccc3c(=O)c12. The van der Waals surface area contributed by atoms with Crippen molar-refractivity contribution < 1.29 is 0 Å². The number of rotatable bonds is 6. The van der Waals surface area contributed by atoms with Crippen LogP contribution >= 0.6 is 11.3 Å². The Balaban J connectivity index is 2.09. The minimum atomic E-state index is -0.00760. The van der Waals surface area contributed by atoms with Crippen molar-refractivity contribution in [1.29, 1.82) is 5.26 Å². The zero-order valence-electron chi connectivity index (χ0n) is 14.5. The smallest absolute Gasteiger partial charge is 0.197 e. The molecule has 1 aromatic heterocycles. The minimum absolute atomic E-state index is 0.00760. The summed E-state index contributed by atoms with van der Waals surface area (Å²) < 4.78 is 1.68. The quantitative estimate of drug-likeness (QED) is 0.413. The van der Waals surface area contributed by atoms with Crippen LogP contribution in [0.15, 0.2) is 41.2 Å². The number of nitrogens with one attached hydrogen (secondary N) is 1. The van der Waals surface area contributed by atoms with Gasteiger partial charge in [-0.3, -0.25) is 4.79 Å². The summed E-state index contributed by atoms with van der Waals surface area (Å²) in [4.78, 5) is 15.4. The van der Waals surface area contributed by atoms with Gasteiger partial charge in [-0.05, 0) is 37.4 Å². The van der Waals surface area contributed by atoms with Crippen molar-refractivity contribution >= 4 is 37.2 Å². The highest BCUT2D eigenvalue weighted by Crippen LogP contribution is 2.31. The molecular formula is C20H21N3OS. The molecule has 0 saturated heterocycles. The van der Waals surface area contributed by atoms with E-state index in [0.717, 1.165) is 41.3 Å². The van der Waals surface area contributed by atoms with Crippen LogP contribution in [0, 0.1) is 11.3 Å². The fraction of sp³-hybridized carbons (Fsp3) is 0.300. The second kappa shape index (κ2) is 7.64. The molecule has 0 unspecified atom stereocenters. The molecule has 0 amide bonds. The van der Waals surface area contributed by atoms with Crippen LogP contribution in [0.4, 0.5) is 5.69 Å². The maximum absolute atomic E-state index is 13.0. The van der Waals surface area contributed by atoms with Gasteiger partial charge >= 0.3 is 0 Å². The zero-order valence-corrected chi connectivity index (χ0v) is 15.3. The van der Waals surface area contributed by atoms with Crippen molar-refractivity contribution in [1.82, 2.24) is 4.90 Å². The van der Waals surface area contributed by atoms with E-state index in [-0.39, 0.29) is 5.43 Å². The Morgan fingerprint density at radius 2 is 1.92 bits per heavy atom. The van der Waals surface area contributed by atoms with Crippen molar-refractivity contribution in [3.8, 4) is 6.07 Å². The molecule has 0 spiro atoms. The van der Waals surface area contributed by atoms with Crippen molar-refractivity contribution in [2.45, 2.75) is 13.8 Å². The lowest BCUT2D eigenvalue weighted by molar-refractivity contribution is 0.316. The summed E-state index contributed by atoms with van der Waals surface area (Å²) in [6, 6.07) is 13.5. The van der Waals surface area contributed by atoms with Crippen LogP contribution in [0.2, 0.25) is 0 Å². The summed E-state index contributed by atoms with van der Waals surface area (Å²) in [5, 5.41) is 14.2. The molecule has 0 fully saturated rings. The van der Waals surface area contributed by atoms with Gasteiger partial charge in [0.15, 0.2) is 5.43 Å². The maximum Gasteiger partial charge on any atom is 0.197 e. The van der Waals surface area contributed by atoms with E-state index in [1.54, 1.807) is 6.07 Å². The van der Waals surface area contributed by atoms with Gasteiger partial charge in [-0.1, -0.05) is 26.0 Å². The van der Waals surface area contributed by atoms with E-state index in [4.69, 9.17) is 0 Å². The van der Waals surface area contributed by atoms with Gasteiger partial charge in [-0.2, -0.15) is 5.26 Å². The number of anilines is 1. The molecule has 0 saturated carbocycles. The van der Waals surface area contributed by atoms with Gasteiger partial charge in [0.1, 0.15) is 6.07 Å². The van der Waals surface area contributed by atoms with Crippen molar-refractivity contribution in [2.24, 2.45) is 0 Å². The number of hydrogen-bond donors (Lipinski definition) is 1. The summed E-state index contributed by atoms with van der Waals surface area (Å²) in [5.74, 6) is 0. The fourth-order valence-electron chi connectivity index (χ4n) is 3.03. The highest BCUT2D eigenvalue weighted by molar-refractivity contribution is 7.24. The lowest BCUT2D eigenvalue weighted by Gasteiger charge is -2.19. The molecule has 2 aromatic carbocycles. The van der Waals surface area contributed by atoms with Crippen LogP contribution < -0.4 is 10.7 Å². The normalized spacial score (nSPS) is 11.1. The van der Waals surface area contributed by atoms with Crippen molar-refractivity contribution in [3.05, 3.63) is 52.2 Å². The van der Waals surface area contributed by atoms with Crippen LogP contribution in [0.1, 0.15) is 19.4 Å². The molecule has 4 nitrogen and oxygen atoms in total. The molecule has 0 aliphatic heterocycles. The van der Waals surface area contributed by atoms with Gasteiger partial charge < -0.3 is 10.2 Å².